The Hall–Kier alpha value is -2.28. The van der Waals surface area contributed by atoms with E-state index in [0.29, 0.717) is 19.4 Å². The van der Waals surface area contributed by atoms with Gasteiger partial charge in [-0.15, -0.1) is 0 Å². The molecule has 0 aromatic heterocycles. The molecule has 0 unspecified atom stereocenters. The minimum Gasteiger partial charge on any atom is -0.481 e. The number of carbonyl (C=O) groups excluding carboxylic acids is 3. The van der Waals surface area contributed by atoms with E-state index in [2.05, 4.69) is 24.5 Å². The number of hydrogen-bond acceptors (Lipinski definition) is 8. The van der Waals surface area contributed by atoms with Gasteiger partial charge in [0.25, 0.3) is 0 Å². The number of rotatable bonds is 36. The minimum absolute atomic E-state index is 0.0704. The molecule has 1 rings (SSSR count). The molecular formula is C44H83N3O9. The molecule has 12 heteroatoms. The lowest BCUT2D eigenvalue weighted by Crippen LogP contribution is -2.69. The summed E-state index contributed by atoms with van der Waals surface area (Å²) in [5, 5.41) is 46.2. The predicted molar refractivity (Wildman–Crippen MR) is 222 cm³/mol. The first kappa shape index (κ1) is 51.7. The van der Waals surface area contributed by atoms with Crippen molar-refractivity contribution in [3.63, 3.8) is 0 Å². The van der Waals surface area contributed by atoms with Crippen molar-refractivity contribution in [2.45, 2.75) is 244 Å². The van der Waals surface area contributed by atoms with Crippen molar-refractivity contribution < 1.29 is 44.3 Å². The van der Waals surface area contributed by atoms with E-state index in [0.717, 1.165) is 38.5 Å². The van der Waals surface area contributed by atoms with Gasteiger partial charge in [0.15, 0.2) is 6.23 Å². The fourth-order valence-electron chi connectivity index (χ4n) is 7.54. The number of aliphatic hydroxyl groups excluding tert-OH is 3. The van der Waals surface area contributed by atoms with Crippen LogP contribution < -0.4 is 10.6 Å². The molecule has 6 N–H and O–H groups in total. The second-order valence-corrected chi connectivity index (χ2v) is 16.3. The number of unbranched alkanes of at least 4 members (excludes halogenated alkanes) is 23. The first-order valence-electron chi connectivity index (χ1n) is 22.8. The molecule has 0 radical (unpaired) electrons. The van der Waals surface area contributed by atoms with E-state index in [4.69, 9.17) is 9.84 Å². The molecule has 56 heavy (non-hydrogen) atoms. The Balaban J connectivity index is 2.81. The Morgan fingerprint density at radius 3 is 1.50 bits per heavy atom. The third-order valence-corrected chi connectivity index (χ3v) is 11.1. The van der Waals surface area contributed by atoms with Crippen molar-refractivity contribution in [2.24, 2.45) is 0 Å². The van der Waals surface area contributed by atoms with Crippen LogP contribution in [-0.4, -0.2) is 98.8 Å². The van der Waals surface area contributed by atoms with Crippen molar-refractivity contribution in [1.82, 2.24) is 15.5 Å². The van der Waals surface area contributed by atoms with Crippen molar-refractivity contribution in [3.05, 3.63) is 0 Å². The molecule has 0 saturated carbocycles. The van der Waals surface area contributed by atoms with Gasteiger partial charge in [-0.3, -0.25) is 19.2 Å². The van der Waals surface area contributed by atoms with Gasteiger partial charge in [0, 0.05) is 25.8 Å². The van der Waals surface area contributed by atoms with Gasteiger partial charge in [0.2, 0.25) is 17.7 Å². The lowest BCUT2D eigenvalue weighted by molar-refractivity contribution is -0.231. The number of carboxylic acid groups (broad SMARTS) is 1. The van der Waals surface area contributed by atoms with Crippen LogP contribution in [0.1, 0.15) is 207 Å². The van der Waals surface area contributed by atoms with Crippen LogP contribution in [-0.2, 0) is 23.9 Å². The zero-order chi connectivity index (χ0) is 41.4. The summed E-state index contributed by atoms with van der Waals surface area (Å²) in [7, 11) is 0. The molecule has 0 spiro atoms. The molecule has 1 aliphatic heterocycles. The van der Waals surface area contributed by atoms with Gasteiger partial charge in [-0.2, -0.15) is 0 Å². The molecular weight excluding hydrogens is 714 g/mol. The molecule has 1 fully saturated rings. The number of amides is 3. The zero-order valence-corrected chi connectivity index (χ0v) is 35.7. The van der Waals surface area contributed by atoms with E-state index in [-0.39, 0.29) is 31.6 Å². The summed E-state index contributed by atoms with van der Waals surface area (Å²) >= 11 is 0. The van der Waals surface area contributed by atoms with Crippen LogP contribution in [0.15, 0.2) is 0 Å². The lowest BCUT2D eigenvalue weighted by atomic mass is 9.94. The van der Waals surface area contributed by atoms with E-state index >= 15 is 0 Å². The fourth-order valence-corrected chi connectivity index (χ4v) is 7.54. The van der Waals surface area contributed by atoms with Crippen LogP contribution in [0.25, 0.3) is 0 Å². The van der Waals surface area contributed by atoms with Gasteiger partial charge in [0.05, 0.1) is 6.61 Å². The molecule has 12 nitrogen and oxygen atoms in total. The highest BCUT2D eigenvalue weighted by Gasteiger charge is 2.48. The normalized spacial score (nSPS) is 20.1. The number of hydrogen-bond donors (Lipinski definition) is 6. The number of aliphatic hydroxyl groups is 3. The summed E-state index contributed by atoms with van der Waals surface area (Å²) in [5.74, 6) is -2.33. The van der Waals surface area contributed by atoms with Crippen molar-refractivity contribution in [1.29, 1.82) is 0 Å². The monoisotopic (exact) mass is 798 g/mol. The molecule has 0 bridgehead atoms. The predicted octanol–water partition coefficient (Wildman–Crippen LogP) is 7.68. The number of nitrogens with one attached hydrogen (secondary N) is 2. The summed E-state index contributed by atoms with van der Waals surface area (Å²) in [6.07, 6.45) is 24.3. The molecule has 0 aliphatic carbocycles. The quantitative estimate of drug-likeness (QED) is 0.0346. The van der Waals surface area contributed by atoms with Crippen LogP contribution in [0.5, 0.6) is 0 Å². The maximum absolute atomic E-state index is 13.9. The second-order valence-electron chi connectivity index (χ2n) is 16.3. The van der Waals surface area contributed by atoms with E-state index in [9.17, 15) is 34.5 Å². The molecule has 1 saturated heterocycles. The Morgan fingerprint density at radius 2 is 1.05 bits per heavy atom. The summed E-state index contributed by atoms with van der Waals surface area (Å²) < 4.78 is 6.11. The summed E-state index contributed by atoms with van der Waals surface area (Å²) in [6.45, 7) is 5.67. The molecule has 1 heterocycles. The maximum Gasteiger partial charge on any atom is 0.303 e. The third kappa shape index (κ3) is 23.8. The number of nitrogens with zero attached hydrogens (tertiary/aromatic N) is 1. The maximum atomic E-state index is 13.9. The largest absolute Gasteiger partial charge is 0.481 e. The number of carbonyl (C=O) groups is 4. The first-order valence-corrected chi connectivity index (χ1v) is 22.8. The zero-order valence-electron chi connectivity index (χ0n) is 35.7. The van der Waals surface area contributed by atoms with Crippen molar-refractivity contribution in [3.8, 4) is 0 Å². The Morgan fingerprint density at radius 1 is 0.607 bits per heavy atom. The van der Waals surface area contributed by atoms with Gasteiger partial charge < -0.3 is 40.7 Å². The third-order valence-electron chi connectivity index (χ3n) is 11.1. The van der Waals surface area contributed by atoms with E-state index in [1.54, 1.807) is 4.90 Å². The van der Waals surface area contributed by atoms with Gasteiger partial charge in [-0.1, -0.05) is 162 Å². The molecule has 328 valence electrons. The first-order chi connectivity index (χ1) is 27.1. The Labute approximate surface area is 339 Å². The van der Waals surface area contributed by atoms with Crippen LogP contribution in [0.4, 0.5) is 0 Å². The number of carboxylic acids is 1. The number of aliphatic carboxylic acids is 1. The summed E-state index contributed by atoms with van der Waals surface area (Å²) in [5.41, 5.74) is 0. The minimum atomic E-state index is -1.55. The lowest BCUT2D eigenvalue weighted by Gasteiger charge is -2.47. The fraction of sp³-hybridized carbons (Fsp3) is 0.909. The van der Waals surface area contributed by atoms with Gasteiger partial charge in [-0.05, 0) is 26.2 Å². The van der Waals surface area contributed by atoms with E-state index in [1.807, 2.05) is 0 Å². The highest BCUT2D eigenvalue weighted by atomic mass is 16.5. The van der Waals surface area contributed by atoms with Gasteiger partial charge >= 0.3 is 5.97 Å². The summed E-state index contributed by atoms with van der Waals surface area (Å²) in [6, 6.07) is -2.26. The standard InChI is InChI=1S/C44H83N3O9/c1-4-6-8-10-12-14-15-16-17-18-19-20-22-24-26-28-33-47(38(50)31-27-25-23-21-13-11-9-7-5-2)44-40(42(54)41(53)36(34-48)56-44)46-43(55)35(3)45-37(49)30-29-32-39(51)52/h35-36,40-42,44,48,53-54H,4-34H2,1-3H3,(H,45,49)(H,46,55)(H,51,52)/t35-,36+,40-,41+,42+,44+/m0/s1. The van der Waals surface area contributed by atoms with E-state index in [1.165, 1.54) is 116 Å². The van der Waals surface area contributed by atoms with Crippen LogP contribution >= 0.6 is 0 Å². The van der Waals surface area contributed by atoms with Gasteiger partial charge in [-0.25, -0.2) is 0 Å². The Kier molecular flexibility index (Phi) is 31.1. The second kappa shape index (κ2) is 33.7. The molecule has 6 atom stereocenters. The van der Waals surface area contributed by atoms with Crippen LogP contribution in [0.2, 0.25) is 0 Å². The molecule has 1 aliphatic rings. The topological polar surface area (TPSA) is 186 Å². The average Bonchev–Trinajstić information content (AvgIpc) is 3.17. The van der Waals surface area contributed by atoms with Crippen molar-refractivity contribution in [2.75, 3.05) is 13.2 Å². The number of ether oxygens (including phenoxy) is 1. The average molecular weight is 798 g/mol. The highest BCUT2D eigenvalue weighted by Crippen LogP contribution is 2.26. The van der Waals surface area contributed by atoms with Crippen LogP contribution in [0, 0.1) is 0 Å². The molecule has 0 aromatic carbocycles. The molecule has 0 aromatic rings. The smallest absolute Gasteiger partial charge is 0.303 e. The van der Waals surface area contributed by atoms with E-state index < -0.39 is 61.0 Å². The van der Waals surface area contributed by atoms with Crippen LogP contribution in [0.3, 0.4) is 0 Å². The molecule has 3 amide bonds. The highest BCUT2D eigenvalue weighted by molar-refractivity contribution is 5.87. The summed E-state index contributed by atoms with van der Waals surface area (Å²) in [4.78, 5) is 52.0. The van der Waals surface area contributed by atoms with Crippen molar-refractivity contribution >= 4 is 23.7 Å². The SMILES string of the molecule is CCCCCCCCCCCCCCCCCCN(C(=O)CCCCCCCCCCC)[C@@H]1O[C@H](CO)[C@@H](O)[C@H](O)[C@@H]1NC(=O)[C@H](C)NC(=O)CCCC(=O)O. The Bertz CT molecular complexity index is 1030. The van der Waals surface area contributed by atoms with Gasteiger partial charge in [0.1, 0.15) is 30.4 Å².